The van der Waals surface area contributed by atoms with E-state index in [1.165, 1.54) is 16.4 Å². The highest BCUT2D eigenvalue weighted by molar-refractivity contribution is 7.89. The number of nitriles is 1. The Bertz CT molecular complexity index is 861. The molecule has 0 spiro atoms. The Hall–Kier alpha value is -2.21. The number of aryl methyl sites for hydroxylation is 1. The van der Waals surface area contributed by atoms with Gasteiger partial charge in [-0.05, 0) is 25.1 Å². The molecule has 1 saturated heterocycles. The van der Waals surface area contributed by atoms with Gasteiger partial charge in [-0.25, -0.2) is 8.42 Å². The van der Waals surface area contributed by atoms with E-state index in [0.717, 1.165) is 11.5 Å². The van der Waals surface area contributed by atoms with Gasteiger partial charge in [0.1, 0.15) is 0 Å². The Morgan fingerprint density at radius 1 is 1.25 bits per heavy atom. The number of nitrogens with zero attached hydrogens (tertiary/aromatic N) is 4. The van der Waals surface area contributed by atoms with Gasteiger partial charge in [0.2, 0.25) is 10.0 Å². The quantitative estimate of drug-likeness (QED) is 0.830. The molecule has 8 heteroatoms. The summed E-state index contributed by atoms with van der Waals surface area (Å²) < 4.78 is 32.1. The second-order valence-electron chi connectivity index (χ2n) is 5.75. The molecule has 0 unspecified atom stereocenters. The second-order valence-corrected chi connectivity index (χ2v) is 7.69. The third-order valence-electron chi connectivity index (χ3n) is 3.99. The average Bonchev–Trinajstić information content (AvgIpc) is 3.00. The van der Waals surface area contributed by atoms with Gasteiger partial charge in [0, 0.05) is 32.2 Å². The van der Waals surface area contributed by atoms with Crippen molar-refractivity contribution in [3.63, 3.8) is 0 Å². The molecular formula is C16H18N4O3S. The van der Waals surface area contributed by atoms with E-state index in [1.54, 1.807) is 12.1 Å². The first-order chi connectivity index (χ1) is 11.5. The maximum atomic E-state index is 12.7. The number of piperazine rings is 1. The van der Waals surface area contributed by atoms with Crippen LogP contribution in [0.15, 0.2) is 39.8 Å². The minimum atomic E-state index is -3.57. The first-order valence-electron chi connectivity index (χ1n) is 7.64. The van der Waals surface area contributed by atoms with Gasteiger partial charge in [0.15, 0.2) is 5.76 Å². The number of aromatic nitrogens is 1. The Balaban J connectivity index is 1.66. The number of hydrogen-bond acceptors (Lipinski definition) is 6. The van der Waals surface area contributed by atoms with Crippen LogP contribution in [0, 0.1) is 18.3 Å². The molecular weight excluding hydrogens is 328 g/mol. The number of sulfonamides is 1. The smallest absolute Gasteiger partial charge is 0.243 e. The lowest BCUT2D eigenvalue weighted by Gasteiger charge is -2.33. The summed E-state index contributed by atoms with van der Waals surface area (Å²) in [6, 6.07) is 9.98. The third kappa shape index (κ3) is 3.48. The molecule has 0 N–H and O–H groups in total. The topological polar surface area (TPSA) is 90.4 Å². The van der Waals surface area contributed by atoms with E-state index >= 15 is 0 Å². The summed E-state index contributed by atoms with van der Waals surface area (Å²) in [5.41, 5.74) is 1.18. The lowest BCUT2D eigenvalue weighted by Crippen LogP contribution is -2.48. The molecule has 0 aliphatic carbocycles. The summed E-state index contributed by atoms with van der Waals surface area (Å²) in [6.45, 7) is 4.55. The lowest BCUT2D eigenvalue weighted by molar-refractivity contribution is 0.166. The molecule has 0 radical (unpaired) electrons. The summed E-state index contributed by atoms with van der Waals surface area (Å²) in [7, 11) is -3.57. The van der Waals surface area contributed by atoms with Gasteiger partial charge >= 0.3 is 0 Å². The van der Waals surface area contributed by atoms with E-state index in [0.29, 0.717) is 38.3 Å². The van der Waals surface area contributed by atoms with Crippen LogP contribution in [0.1, 0.15) is 17.0 Å². The number of hydrogen-bond donors (Lipinski definition) is 0. The molecule has 3 rings (SSSR count). The molecule has 0 atom stereocenters. The molecule has 1 aliphatic rings. The summed E-state index contributed by atoms with van der Waals surface area (Å²) in [5.74, 6) is 0.783. The van der Waals surface area contributed by atoms with Gasteiger partial charge in [0.25, 0.3) is 0 Å². The van der Waals surface area contributed by atoms with Crippen LogP contribution in [0.2, 0.25) is 0 Å². The van der Waals surface area contributed by atoms with Gasteiger partial charge in [-0.15, -0.1) is 0 Å². The van der Waals surface area contributed by atoms with Gasteiger partial charge in [-0.2, -0.15) is 9.57 Å². The van der Waals surface area contributed by atoms with Crippen LogP contribution < -0.4 is 0 Å². The maximum Gasteiger partial charge on any atom is 0.243 e. The van der Waals surface area contributed by atoms with Crippen LogP contribution >= 0.6 is 0 Å². The fraction of sp³-hybridized carbons (Fsp3) is 0.375. The van der Waals surface area contributed by atoms with Crippen molar-refractivity contribution in [2.24, 2.45) is 0 Å². The van der Waals surface area contributed by atoms with Crippen molar-refractivity contribution in [2.75, 3.05) is 26.2 Å². The van der Waals surface area contributed by atoms with Crippen molar-refractivity contribution in [3.8, 4) is 6.07 Å². The molecule has 24 heavy (non-hydrogen) atoms. The highest BCUT2D eigenvalue weighted by Crippen LogP contribution is 2.19. The normalized spacial score (nSPS) is 16.8. The molecule has 126 valence electrons. The van der Waals surface area contributed by atoms with Crippen LogP contribution in [0.3, 0.4) is 0 Å². The zero-order valence-corrected chi connectivity index (χ0v) is 14.2. The standard InChI is InChI=1S/C16H18N4O3S/c1-13-9-15(23-18-13)12-19-5-7-20(8-6-19)24(21,22)16-4-2-3-14(10-16)11-17/h2-4,9-10H,5-8,12H2,1H3. The van der Waals surface area contributed by atoms with Crippen LogP contribution in [-0.4, -0.2) is 49.0 Å². The zero-order chi connectivity index (χ0) is 17.2. The van der Waals surface area contributed by atoms with Crippen LogP contribution in [-0.2, 0) is 16.6 Å². The van der Waals surface area contributed by atoms with Gasteiger partial charge < -0.3 is 4.52 Å². The number of rotatable bonds is 4. The average molecular weight is 346 g/mol. The minimum absolute atomic E-state index is 0.167. The molecule has 0 bridgehead atoms. The Morgan fingerprint density at radius 3 is 2.62 bits per heavy atom. The molecule has 7 nitrogen and oxygen atoms in total. The Kier molecular flexibility index (Phi) is 4.66. The van der Waals surface area contributed by atoms with Crippen LogP contribution in [0.25, 0.3) is 0 Å². The first kappa shape index (κ1) is 16.6. The summed E-state index contributed by atoms with van der Waals surface area (Å²) in [5, 5.41) is 12.8. The second kappa shape index (κ2) is 6.73. The summed E-state index contributed by atoms with van der Waals surface area (Å²) in [4.78, 5) is 2.30. The summed E-state index contributed by atoms with van der Waals surface area (Å²) >= 11 is 0. The maximum absolute atomic E-state index is 12.7. The highest BCUT2D eigenvalue weighted by Gasteiger charge is 2.29. The molecule has 1 fully saturated rings. The monoisotopic (exact) mass is 346 g/mol. The zero-order valence-electron chi connectivity index (χ0n) is 13.3. The molecule has 2 aromatic rings. The fourth-order valence-electron chi connectivity index (χ4n) is 2.71. The van der Waals surface area contributed by atoms with Crippen molar-refractivity contribution >= 4 is 10.0 Å². The Labute approximate surface area is 141 Å². The van der Waals surface area contributed by atoms with Crippen LogP contribution in [0.4, 0.5) is 0 Å². The third-order valence-corrected chi connectivity index (χ3v) is 5.88. The van der Waals surface area contributed by atoms with E-state index in [4.69, 9.17) is 9.78 Å². The van der Waals surface area contributed by atoms with Crippen LogP contribution in [0.5, 0.6) is 0 Å². The predicted octanol–water partition coefficient (Wildman–Crippen LogP) is 1.36. The minimum Gasteiger partial charge on any atom is -0.360 e. The van der Waals surface area contributed by atoms with Crippen molar-refractivity contribution < 1.29 is 12.9 Å². The number of benzene rings is 1. The SMILES string of the molecule is Cc1cc(CN2CCN(S(=O)(=O)c3cccc(C#N)c3)CC2)on1. The molecule has 1 aromatic carbocycles. The van der Waals surface area contributed by atoms with Crippen molar-refractivity contribution in [2.45, 2.75) is 18.4 Å². The molecule has 1 aromatic heterocycles. The van der Waals surface area contributed by atoms with Gasteiger partial charge in [-0.1, -0.05) is 11.2 Å². The summed E-state index contributed by atoms with van der Waals surface area (Å²) in [6.07, 6.45) is 0. The van der Waals surface area contributed by atoms with E-state index in [-0.39, 0.29) is 4.90 Å². The Morgan fingerprint density at radius 2 is 2.00 bits per heavy atom. The van der Waals surface area contributed by atoms with Crippen molar-refractivity contribution in [1.82, 2.24) is 14.4 Å². The largest absolute Gasteiger partial charge is 0.360 e. The molecule has 1 aliphatic heterocycles. The highest BCUT2D eigenvalue weighted by atomic mass is 32.2. The fourth-order valence-corrected chi connectivity index (χ4v) is 4.18. The van der Waals surface area contributed by atoms with E-state index in [9.17, 15) is 8.42 Å². The van der Waals surface area contributed by atoms with Crippen molar-refractivity contribution in [1.29, 1.82) is 5.26 Å². The van der Waals surface area contributed by atoms with Gasteiger partial charge in [0.05, 0.1) is 28.8 Å². The van der Waals surface area contributed by atoms with E-state index in [2.05, 4.69) is 10.1 Å². The molecule has 2 heterocycles. The molecule has 0 amide bonds. The van der Waals surface area contributed by atoms with Crippen molar-refractivity contribution in [3.05, 3.63) is 47.3 Å². The predicted molar refractivity (Wildman–Crippen MR) is 86.4 cm³/mol. The lowest BCUT2D eigenvalue weighted by atomic mass is 10.2. The van der Waals surface area contributed by atoms with E-state index in [1.807, 2.05) is 19.1 Å². The first-order valence-corrected chi connectivity index (χ1v) is 9.08. The molecule has 0 saturated carbocycles. The van der Waals surface area contributed by atoms with Gasteiger partial charge in [-0.3, -0.25) is 4.90 Å². The van der Waals surface area contributed by atoms with E-state index < -0.39 is 10.0 Å².